The van der Waals surface area contributed by atoms with Gasteiger partial charge in [0.1, 0.15) is 5.03 Å². The van der Waals surface area contributed by atoms with Gasteiger partial charge >= 0.3 is 5.97 Å². The Kier molecular flexibility index (Phi) is 4.34. The number of aliphatic carboxylic acids is 1. The van der Waals surface area contributed by atoms with Gasteiger partial charge in [-0.1, -0.05) is 30.7 Å². The Morgan fingerprint density at radius 3 is 2.76 bits per heavy atom. The molecule has 0 aromatic rings. The molecule has 17 heavy (non-hydrogen) atoms. The zero-order chi connectivity index (χ0) is 13.0. The zero-order valence-corrected chi connectivity index (χ0v) is 9.94. The van der Waals surface area contributed by atoms with Crippen LogP contribution in [0.25, 0.3) is 0 Å². The van der Waals surface area contributed by atoms with Crippen molar-refractivity contribution in [1.29, 1.82) is 0 Å². The van der Waals surface area contributed by atoms with Gasteiger partial charge in [-0.3, -0.25) is 4.79 Å². The molecule has 0 aromatic heterocycles. The van der Waals surface area contributed by atoms with Crippen LogP contribution in [0.2, 0.25) is 0 Å². The van der Waals surface area contributed by atoms with Crippen LogP contribution in [-0.4, -0.2) is 23.0 Å². The Hall–Kier alpha value is -1.75. The minimum absolute atomic E-state index is 0.0425. The molecule has 0 aliphatic heterocycles. The molecule has 0 radical (unpaired) electrons. The van der Waals surface area contributed by atoms with E-state index in [0.717, 1.165) is 6.08 Å². The van der Waals surface area contributed by atoms with Crippen LogP contribution in [0.1, 0.15) is 6.92 Å². The van der Waals surface area contributed by atoms with E-state index in [-0.39, 0.29) is 12.0 Å². The second kappa shape index (κ2) is 5.54. The van der Waals surface area contributed by atoms with Gasteiger partial charge in [0.2, 0.25) is 5.91 Å². The van der Waals surface area contributed by atoms with Crippen molar-refractivity contribution in [2.45, 2.75) is 13.0 Å². The second-order valence-corrected chi connectivity index (χ2v) is 4.12. The topological polar surface area (TPSA) is 92.4 Å². The minimum atomic E-state index is -1.34. The van der Waals surface area contributed by atoms with Crippen molar-refractivity contribution < 1.29 is 14.7 Å². The van der Waals surface area contributed by atoms with Crippen LogP contribution >= 0.6 is 11.6 Å². The zero-order valence-electron chi connectivity index (χ0n) is 9.18. The van der Waals surface area contributed by atoms with Crippen molar-refractivity contribution in [2.75, 3.05) is 0 Å². The molecular formula is C11H13ClN2O3. The van der Waals surface area contributed by atoms with Gasteiger partial charge in [0.15, 0.2) is 0 Å². The van der Waals surface area contributed by atoms with Crippen molar-refractivity contribution in [1.82, 2.24) is 5.32 Å². The lowest BCUT2D eigenvalue weighted by molar-refractivity contribution is -0.132. The van der Waals surface area contributed by atoms with Crippen LogP contribution in [0, 0.1) is 5.92 Å². The number of carboxylic acids is 1. The maximum atomic E-state index is 11.4. The minimum Gasteiger partial charge on any atom is -0.477 e. The van der Waals surface area contributed by atoms with E-state index in [0.29, 0.717) is 5.70 Å². The lowest BCUT2D eigenvalue weighted by Gasteiger charge is -2.22. The van der Waals surface area contributed by atoms with Crippen LogP contribution in [0.15, 0.2) is 35.0 Å². The number of nitrogens with one attached hydrogen (secondary N) is 1. The molecule has 0 fully saturated rings. The highest BCUT2D eigenvalue weighted by Crippen LogP contribution is 2.14. The molecule has 2 atom stereocenters. The van der Waals surface area contributed by atoms with Gasteiger partial charge < -0.3 is 16.2 Å². The number of carbonyl (C=O) groups excluding carboxylic acids is 1. The van der Waals surface area contributed by atoms with E-state index in [2.05, 4.69) is 5.32 Å². The van der Waals surface area contributed by atoms with E-state index in [1.54, 1.807) is 12.2 Å². The molecule has 1 aliphatic carbocycles. The molecule has 0 saturated heterocycles. The molecule has 1 amide bonds. The first-order chi connectivity index (χ1) is 7.90. The summed E-state index contributed by atoms with van der Waals surface area (Å²) in [5, 5.41) is 10.6. The van der Waals surface area contributed by atoms with Crippen molar-refractivity contribution in [3.05, 3.63) is 35.0 Å². The molecule has 0 heterocycles. The highest BCUT2D eigenvalue weighted by atomic mass is 35.5. The monoisotopic (exact) mass is 256 g/mol. The average Bonchev–Trinajstić information content (AvgIpc) is 2.22. The number of allylic oxidation sites excluding steroid dienone is 1. The highest BCUT2D eigenvalue weighted by molar-refractivity contribution is 6.42. The van der Waals surface area contributed by atoms with Crippen LogP contribution in [0.3, 0.4) is 0 Å². The quantitative estimate of drug-likeness (QED) is 0.649. The number of rotatable bonds is 3. The lowest BCUT2D eigenvalue weighted by Crippen LogP contribution is -2.38. The third-order valence-electron chi connectivity index (χ3n) is 2.29. The Balaban J connectivity index is 2.62. The van der Waals surface area contributed by atoms with Crippen molar-refractivity contribution in [3.8, 4) is 0 Å². The van der Waals surface area contributed by atoms with Gasteiger partial charge in [-0.25, -0.2) is 4.79 Å². The fourth-order valence-corrected chi connectivity index (χ4v) is 1.51. The largest absolute Gasteiger partial charge is 0.477 e. The molecule has 1 aliphatic rings. The lowest BCUT2D eigenvalue weighted by atomic mass is 9.96. The Morgan fingerprint density at radius 2 is 2.24 bits per heavy atom. The predicted molar refractivity (Wildman–Crippen MR) is 64.1 cm³/mol. The summed E-state index contributed by atoms with van der Waals surface area (Å²) in [6.45, 7) is 1.89. The fourth-order valence-electron chi connectivity index (χ4n) is 1.42. The normalized spacial score (nSPS) is 24.1. The van der Waals surface area contributed by atoms with Crippen molar-refractivity contribution >= 4 is 23.5 Å². The number of carboxylic acid groups (broad SMARTS) is 1. The number of hydrogen-bond donors (Lipinski definition) is 3. The number of amides is 1. The van der Waals surface area contributed by atoms with E-state index in [9.17, 15) is 9.59 Å². The molecule has 0 spiro atoms. The van der Waals surface area contributed by atoms with Crippen LogP contribution in [0.5, 0.6) is 0 Å². The Labute approximate surface area is 104 Å². The van der Waals surface area contributed by atoms with E-state index in [1.807, 2.05) is 13.0 Å². The van der Waals surface area contributed by atoms with E-state index >= 15 is 0 Å². The highest BCUT2D eigenvalue weighted by Gasteiger charge is 2.18. The molecule has 4 N–H and O–H groups in total. The van der Waals surface area contributed by atoms with Crippen LogP contribution in [0.4, 0.5) is 0 Å². The maximum Gasteiger partial charge on any atom is 0.347 e. The third-order valence-corrected chi connectivity index (χ3v) is 2.56. The number of halogens is 1. The summed E-state index contributed by atoms with van der Waals surface area (Å²) < 4.78 is 0. The molecule has 1 rings (SSSR count). The van der Waals surface area contributed by atoms with Gasteiger partial charge in [0.25, 0.3) is 0 Å². The molecule has 6 heteroatoms. The predicted octanol–water partition coefficient (Wildman–Crippen LogP) is 0.727. The fraction of sp³-hybridized carbons (Fsp3) is 0.273. The van der Waals surface area contributed by atoms with Crippen molar-refractivity contribution in [2.24, 2.45) is 11.7 Å². The summed E-state index contributed by atoms with van der Waals surface area (Å²) >= 11 is 5.34. The number of hydrogen-bond acceptors (Lipinski definition) is 3. The van der Waals surface area contributed by atoms with E-state index < -0.39 is 16.9 Å². The number of nitrogens with two attached hydrogens (primary N) is 1. The van der Waals surface area contributed by atoms with Gasteiger partial charge in [0, 0.05) is 17.7 Å². The summed E-state index contributed by atoms with van der Waals surface area (Å²) in [7, 11) is 0. The summed E-state index contributed by atoms with van der Waals surface area (Å²) in [5.74, 6) is -1.84. The molecule has 0 saturated carbocycles. The first-order valence-corrected chi connectivity index (χ1v) is 5.34. The summed E-state index contributed by atoms with van der Waals surface area (Å²) in [4.78, 5) is 21.8. The van der Waals surface area contributed by atoms with Gasteiger partial charge in [-0.15, -0.1) is 0 Å². The van der Waals surface area contributed by atoms with Gasteiger partial charge in [-0.2, -0.15) is 0 Å². The molecule has 5 nitrogen and oxygen atoms in total. The third kappa shape index (κ3) is 3.96. The van der Waals surface area contributed by atoms with Gasteiger partial charge in [-0.05, 0) is 6.08 Å². The summed E-state index contributed by atoms with van der Waals surface area (Å²) in [6, 6.07) is -0.218. The van der Waals surface area contributed by atoms with Gasteiger partial charge in [0.05, 0.1) is 6.04 Å². The Bertz CT molecular complexity index is 426. The molecule has 2 unspecified atom stereocenters. The second-order valence-electron chi connectivity index (χ2n) is 3.72. The van der Waals surface area contributed by atoms with Crippen LogP contribution < -0.4 is 11.1 Å². The van der Waals surface area contributed by atoms with E-state index in [1.165, 1.54) is 0 Å². The molecular weight excluding hydrogens is 244 g/mol. The van der Waals surface area contributed by atoms with E-state index in [4.69, 9.17) is 22.4 Å². The average molecular weight is 257 g/mol. The van der Waals surface area contributed by atoms with Crippen molar-refractivity contribution in [3.63, 3.8) is 0 Å². The summed E-state index contributed by atoms with van der Waals surface area (Å²) in [5.41, 5.74) is 6.23. The first kappa shape index (κ1) is 13.3. The smallest absolute Gasteiger partial charge is 0.347 e. The SMILES string of the molecule is CC1C=C(N)C=CC1NC(=O)/C=C(\Cl)C(=O)O. The molecule has 0 aromatic carbocycles. The Morgan fingerprint density at radius 1 is 1.59 bits per heavy atom. The standard InChI is InChI=1S/C11H13ClN2O3/c1-6-4-7(13)2-3-9(6)14-10(15)5-8(12)11(16)17/h2-6,9H,13H2,1H3,(H,14,15)(H,16,17)/b8-5-. The number of carbonyl (C=O) groups is 2. The van der Waals surface area contributed by atoms with Crippen LogP contribution in [-0.2, 0) is 9.59 Å². The first-order valence-electron chi connectivity index (χ1n) is 4.96. The molecule has 92 valence electrons. The summed E-state index contributed by atoms with van der Waals surface area (Å²) in [6.07, 6.45) is 6.09. The molecule has 0 bridgehead atoms. The maximum absolute atomic E-state index is 11.4.